The number of nitrogens with zero attached hydrogens (tertiary/aromatic N) is 4. The Morgan fingerprint density at radius 2 is 1.65 bits per heavy atom. The molecule has 1 saturated heterocycles. The maximum atomic E-state index is 5.90. The van der Waals surface area contributed by atoms with Crippen molar-refractivity contribution in [2.75, 3.05) is 23.9 Å². The van der Waals surface area contributed by atoms with E-state index in [-0.39, 0.29) is 12.1 Å². The number of rotatable bonds is 5. The van der Waals surface area contributed by atoms with E-state index >= 15 is 0 Å². The molecule has 6 heteroatoms. The van der Waals surface area contributed by atoms with Crippen LogP contribution in [0.1, 0.15) is 34.6 Å². The number of aryl methyl sites for hydroxylation is 2. The lowest BCUT2D eigenvalue weighted by molar-refractivity contribution is 0.549. The number of anilines is 2. The highest BCUT2D eigenvalue weighted by molar-refractivity contribution is 7.80. The maximum Gasteiger partial charge on any atom is 0.174 e. The van der Waals surface area contributed by atoms with Crippen LogP contribution in [0.25, 0.3) is 5.69 Å². The fourth-order valence-electron chi connectivity index (χ4n) is 4.59. The minimum absolute atomic E-state index is 0.0620. The van der Waals surface area contributed by atoms with E-state index in [1.807, 2.05) is 18.3 Å². The Balaban J connectivity index is 1.64. The van der Waals surface area contributed by atoms with Gasteiger partial charge in [-0.1, -0.05) is 12.1 Å². The Hall–Kier alpha value is -3.64. The minimum Gasteiger partial charge on any atom is -0.378 e. The highest BCUT2D eigenvalue weighted by Crippen LogP contribution is 2.42. The largest absolute Gasteiger partial charge is 0.378 e. The summed E-state index contributed by atoms with van der Waals surface area (Å²) < 4.78 is 2.25. The predicted molar refractivity (Wildman–Crippen MR) is 144 cm³/mol. The third kappa shape index (κ3) is 3.94. The zero-order valence-electron chi connectivity index (χ0n) is 19.9. The first-order valence-corrected chi connectivity index (χ1v) is 11.9. The summed E-state index contributed by atoms with van der Waals surface area (Å²) in [5, 5.41) is 4.28. The minimum atomic E-state index is -0.0787. The van der Waals surface area contributed by atoms with Gasteiger partial charge in [0, 0.05) is 49.2 Å². The summed E-state index contributed by atoms with van der Waals surface area (Å²) in [4.78, 5) is 9.03. The van der Waals surface area contributed by atoms with Crippen LogP contribution >= 0.6 is 12.2 Å². The van der Waals surface area contributed by atoms with E-state index in [0.29, 0.717) is 5.11 Å². The molecule has 0 radical (unpaired) electrons. The molecule has 2 atom stereocenters. The van der Waals surface area contributed by atoms with Crippen molar-refractivity contribution < 1.29 is 0 Å². The zero-order valence-corrected chi connectivity index (χ0v) is 20.8. The molecule has 1 fully saturated rings. The van der Waals surface area contributed by atoms with Gasteiger partial charge in [-0.05, 0) is 97.9 Å². The van der Waals surface area contributed by atoms with Crippen LogP contribution < -0.4 is 15.1 Å². The second-order valence-electron chi connectivity index (χ2n) is 8.98. The van der Waals surface area contributed by atoms with Gasteiger partial charge in [0.2, 0.25) is 0 Å². The average Bonchev–Trinajstić information content (AvgIpc) is 3.46. The predicted octanol–water partition coefficient (Wildman–Crippen LogP) is 5.73. The fourth-order valence-corrected chi connectivity index (χ4v) is 4.94. The van der Waals surface area contributed by atoms with E-state index < -0.39 is 0 Å². The van der Waals surface area contributed by atoms with Crippen LogP contribution in [0.3, 0.4) is 0 Å². The van der Waals surface area contributed by atoms with E-state index in [1.54, 1.807) is 0 Å². The molecular weight excluding hydrogens is 438 g/mol. The van der Waals surface area contributed by atoms with Crippen LogP contribution in [0.5, 0.6) is 0 Å². The van der Waals surface area contributed by atoms with Crippen LogP contribution in [0.15, 0.2) is 85.2 Å². The zero-order chi connectivity index (χ0) is 23.8. The summed E-state index contributed by atoms with van der Waals surface area (Å²) >= 11 is 5.90. The number of pyridine rings is 1. The van der Waals surface area contributed by atoms with Crippen LogP contribution in [0.4, 0.5) is 11.4 Å². The van der Waals surface area contributed by atoms with Crippen LogP contribution in [0, 0.1) is 13.8 Å². The van der Waals surface area contributed by atoms with Gasteiger partial charge in [-0.2, -0.15) is 0 Å². The number of hydrogen-bond acceptors (Lipinski definition) is 3. The molecule has 4 aromatic rings. The number of nitrogens with one attached hydrogen (secondary N) is 1. The molecule has 172 valence electrons. The van der Waals surface area contributed by atoms with E-state index in [0.717, 1.165) is 22.8 Å². The molecule has 0 unspecified atom stereocenters. The number of thiocarbonyl (C=S) groups is 1. The second kappa shape index (κ2) is 8.95. The Bertz CT molecular complexity index is 1310. The summed E-state index contributed by atoms with van der Waals surface area (Å²) in [5.41, 5.74) is 8.00. The molecule has 0 aliphatic carbocycles. The monoisotopic (exact) mass is 467 g/mol. The van der Waals surface area contributed by atoms with Crippen molar-refractivity contribution in [1.29, 1.82) is 0 Å². The SMILES string of the molecule is Cc1ccc(N2C(=S)N[C@@H](c3ccccn3)[C@H]2c2cccn2-c2ccc(N(C)C)cc2)cc1C. The van der Waals surface area contributed by atoms with Crippen molar-refractivity contribution in [3.05, 3.63) is 108 Å². The molecule has 0 saturated carbocycles. The van der Waals surface area contributed by atoms with Crippen molar-refractivity contribution in [3.8, 4) is 5.69 Å². The Labute approximate surface area is 206 Å². The van der Waals surface area contributed by atoms with E-state index in [4.69, 9.17) is 12.2 Å². The van der Waals surface area contributed by atoms with Crippen molar-refractivity contribution in [3.63, 3.8) is 0 Å². The Morgan fingerprint density at radius 3 is 2.32 bits per heavy atom. The molecule has 1 aliphatic heterocycles. The lowest BCUT2D eigenvalue weighted by atomic mass is 10.00. The molecule has 5 nitrogen and oxygen atoms in total. The maximum absolute atomic E-state index is 5.90. The topological polar surface area (TPSA) is 36.3 Å². The van der Waals surface area contributed by atoms with Crippen molar-refractivity contribution in [1.82, 2.24) is 14.9 Å². The van der Waals surface area contributed by atoms with Gasteiger partial charge >= 0.3 is 0 Å². The van der Waals surface area contributed by atoms with Crippen molar-refractivity contribution in [2.45, 2.75) is 25.9 Å². The van der Waals surface area contributed by atoms with E-state index in [1.165, 1.54) is 16.8 Å². The normalized spacial score (nSPS) is 17.6. The molecule has 5 rings (SSSR count). The molecule has 2 aromatic carbocycles. The van der Waals surface area contributed by atoms with Gasteiger partial charge < -0.3 is 19.7 Å². The van der Waals surface area contributed by atoms with Crippen molar-refractivity contribution >= 4 is 28.7 Å². The van der Waals surface area contributed by atoms with Gasteiger partial charge in [0.25, 0.3) is 0 Å². The van der Waals surface area contributed by atoms with E-state index in [2.05, 4.69) is 119 Å². The third-order valence-corrected chi connectivity index (χ3v) is 6.91. The first-order chi connectivity index (χ1) is 16.4. The van der Waals surface area contributed by atoms with Gasteiger partial charge in [0.15, 0.2) is 5.11 Å². The first kappa shape index (κ1) is 22.2. The van der Waals surface area contributed by atoms with Gasteiger partial charge in [0.1, 0.15) is 6.04 Å². The lowest BCUT2D eigenvalue weighted by Crippen LogP contribution is -2.30. The summed E-state index contributed by atoms with van der Waals surface area (Å²) in [5.74, 6) is 0. The summed E-state index contributed by atoms with van der Waals surface area (Å²) in [6.45, 7) is 4.28. The summed E-state index contributed by atoms with van der Waals surface area (Å²) in [7, 11) is 4.11. The smallest absolute Gasteiger partial charge is 0.174 e. The van der Waals surface area contributed by atoms with E-state index in [9.17, 15) is 0 Å². The summed E-state index contributed by atoms with van der Waals surface area (Å²) in [6, 6.07) is 25.3. The number of aromatic nitrogens is 2. The number of hydrogen-bond donors (Lipinski definition) is 1. The summed E-state index contributed by atoms with van der Waals surface area (Å²) in [6.07, 6.45) is 3.96. The molecule has 0 amide bonds. The fraction of sp³-hybridized carbons (Fsp3) is 0.214. The van der Waals surface area contributed by atoms with Gasteiger partial charge in [-0.15, -0.1) is 0 Å². The highest BCUT2D eigenvalue weighted by atomic mass is 32.1. The molecule has 1 N–H and O–H groups in total. The molecule has 0 bridgehead atoms. The quantitative estimate of drug-likeness (QED) is 0.379. The van der Waals surface area contributed by atoms with Gasteiger partial charge in [-0.25, -0.2) is 0 Å². The van der Waals surface area contributed by atoms with Crippen molar-refractivity contribution in [2.24, 2.45) is 0 Å². The number of benzene rings is 2. The Kier molecular flexibility index (Phi) is 5.84. The first-order valence-electron chi connectivity index (χ1n) is 11.5. The molecular formula is C28H29N5S. The molecule has 34 heavy (non-hydrogen) atoms. The van der Waals surface area contributed by atoms with Crippen LogP contribution in [-0.4, -0.2) is 28.8 Å². The van der Waals surface area contributed by atoms with Crippen LogP contribution in [-0.2, 0) is 0 Å². The lowest BCUT2D eigenvalue weighted by Gasteiger charge is -2.29. The molecule has 1 aliphatic rings. The van der Waals surface area contributed by atoms with Gasteiger partial charge in [-0.3, -0.25) is 4.98 Å². The second-order valence-corrected chi connectivity index (χ2v) is 9.37. The average molecular weight is 468 g/mol. The molecule has 0 spiro atoms. The third-order valence-electron chi connectivity index (χ3n) is 6.59. The van der Waals surface area contributed by atoms with Gasteiger partial charge in [0.05, 0.1) is 11.7 Å². The Morgan fingerprint density at radius 1 is 0.882 bits per heavy atom. The van der Waals surface area contributed by atoms with Crippen LogP contribution in [0.2, 0.25) is 0 Å². The highest BCUT2D eigenvalue weighted by Gasteiger charge is 2.42. The standard InChI is InChI=1S/C28H29N5S/c1-19-10-11-23(18-20(19)2)33-27(26(30-28(33)34)24-8-5-6-16-29-24)25-9-7-17-32(25)22-14-12-21(13-15-22)31(3)4/h5-18,26-27H,1-4H3,(H,30,34)/t26-,27+/m0/s1. The molecule has 3 heterocycles. The molecule has 2 aromatic heterocycles.